The van der Waals surface area contributed by atoms with Crippen molar-refractivity contribution in [2.45, 2.75) is 13.5 Å². The summed E-state index contributed by atoms with van der Waals surface area (Å²) in [6, 6.07) is 15.7. The first-order valence-electron chi connectivity index (χ1n) is 7.18. The number of nitrogens with one attached hydrogen (secondary N) is 2. The fourth-order valence-electron chi connectivity index (χ4n) is 2.19. The predicted octanol–water partition coefficient (Wildman–Crippen LogP) is 3.71. The van der Waals surface area contributed by atoms with E-state index >= 15 is 0 Å². The van der Waals surface area contributed by atoms with E-state index in [9.17, 15) is 4.79 Å². The lowest BCUT2D eigenvalue weighted by atomic mass is 10.1. The van der Waals surface area contributed by atoms with Crippen LogP contribution in [0.3, 0.4) is 0 Å². The number of aryl methyl sites for hydroxylation is 1. The standard InChI is InChI=1S/C18H16N2O2S/c1-12-4-2-3-5-14(12)11-22-15-8-6-13(7-9-15)10-16-17(21)20-18(19)23-16/h2-10H,11H2,1H3,(H2,19,20,21). The van der Waals surface area contributed by atoms with Gasteiger partial charge in [-0.3, -0.25) is 10.2 Å². The van der Waals surface area contributed by atoms with Crippen molar-refractivity contribution in [3.05, 3.63) is 70.1 Å². The minimum Gasteiger partial charge on any atom is -0.489 e. The van der Waals surface area contributed by atoms with Crippen LogP contribution in [0.5, 0.6) is 5.75 Å². The zero-order valence-corrected chi connectivity index (χ0v) is 13.4. The number of amides is 1. The van der Waals surface area contributed by atoms with Crippen LogP contribution in [0.1, 0.15) is 16.7 Å². The Morgan fingerprint density at radius 3 is 2.57 bits per heavy atom. The highest BCUT2D eigenvalue weighted by Gasteiger charge is 2.21. The number of thioether (sulfide) groups is 1. The molecule has 1 heterocycles. The van der Waals surface area contributed by atoms with E-state index < -0.39 is 0 Å². The van der Waals surface area contributed by atoms with Gasteiger partial charge < -0.3 is 10.1 Å². The van der Waals surface area contributed by atoms with Gasteiger partial charge in [-0.2, -0.15) is 0 Å². The van der Waals surface area contributed by atoms with E-state index in [0.29, 0.717) is 11.5 Å². The summed E-state index contributed by atoms with van der Waals surface area (Å²) in [6.07, 6.45) is 1.77. The van der Waals surface area contributed by atoms with Gasteiger partial charge in [0.05, 0.1) is 4.91 Å². The Labute approximate surface area is 139 Å². The van der Waals surface area contributed by atoms with E-state index in [2.05, 4.69) is 24.4 Å². The molecule has 0 atom stereocenters. The summed E-state index contributed by atoms with van der Waals surface area (Å²) in [7, 11) is 0. The van der Waals surface area contributed by atoms with Crippen molar-refractivity contribution in [1.29, 1.82) is 5.41 Å². The largest absolute Gasteiger partial charge is 0.489 e. The maximum atomic E-state index is 11.6. The molecule has 0 bridgehead atoms. The number of amidine groups is 1. The van der Waals surface area contributed by atoms with Crippen LogP contribution in [0.25, 0.3) is 6.08 Å². The van der Waals surface area contributed by atoms with Gasteiger partial charge >= 0.3 is 0 Å². The van der Waals surface area contributed by atoms with Gasteiger partial charge in [0, 0.05) is 0 Å². The van der Waals surface area contributed by atoms with E-state index in [1.165, 1.54) is 5.56 Å². The summed E-state index contributed by atoms with van der Waals surface area (Å²) >= 11 is 1.13. The Bertz CT molecular complexity index is 782. The molecule has 0 aliphatic carbocycles. The number of hydrogen-bond donors (Lipinski definition) is 2. The van der Waals surface area contributed by atoms with Crippen LogP contribution in [0.15, 0.2) is 53.4 Å². The topological polar surface area (TPSA) is 62.2 Å². The van der Waals surface area contributed by atoms with Crippen molar-refractivity contribution >= 4 is 28.9 Å². The molecule has 1 saturated heterocycles. The third-order valence-electron chi connectivity index (χ3n) is 3.50. The molecule has 1 aliphatic rings. The first kappa shape index (κ1) is 15.4. The quantitative estimate of drug-likeness (QED) is 0.843. The zero-order chi connectivity index (χ0) is 16.2. The second-order valence-corrected chi connectivity index (χ2v) is 6.23. The van der Waals surface area contributed by atoms with Crippen molar-refractivity contribution in [2.24, 2.45) is 0 Å². The van der Waals surface area contributed by atoms with E-state index in [1.807, 2.05) is 36.4 Å². The molecule has 2 aromatic carbocycles. The molecule has 0 spiro atoms. The highest BCUT2D eigenvalue weighted by atomic mass is 32.2. The Morgan fingerprint density at radius 2 is 1.91 bits per heavy atom. The molecule has 1 fully saturated rings. The third kappa shape index (κ3) is 3.81. The molecular formula is C18H16N2O2S. The van der Waals surface area contributed by atoms with Crippen LogP contribution in [0.4, 0.5) is 0 Å². The van der Waals surface area contributed by atoms with Gasteiger partial charge in [0.2, 0.25) is 0 Å². The number of carbonyl (C=O) groups is 1. The third-order valence-corrected chi connectivity index (χ3v) is 4.33. The molecule has 3 rings (SSSR count). The van der Waals surface area contributed by atoms with Gasteiger partial charge in [-0.15, -0.1) is 0 Å². The molecule has 1 amide bonds. The number of benzene rings is 2. The monoisotopic (exact) mass is 324 g/mol. The van der Waals surface area contributed by atoms with Crippen molar-refractivity contribution in [2.75, 3.05) is 0 Å². The molecule has 116 valence electrons. The Morgan fingerprint density at radius 1 is 1.17 bits per heavy atom. The summed E-state index contributed by atoms with van der Waals surface area (Å²) in [5.74, 6) is 0.562. The molecular weight excluding hydrogens is 308 g/mol. The first-order valence-corrected chi connectivity index (χ1v) is 8.00. The summed E-state index contributed by atoms with van der Waals surface area (Å²) < 4.78 is 5.80. The zero-order valence-electron chi connectivity index (χ0n) is 12.6. The lowest BCUT2D eigenvalue weighted by Gasteiger charge is -2.08. The fourth-order valence-corrected chi connectivity index (χ4v) is 2.89. The van der Waals surface area contributed by atoms with Crippen LogP contribution in [-0.2, 0) is 11.4 Å². The summed E-state index contributed by atoms with van der Waals surface area (Å²) in [5, 5.41) is 10.1. The van der Waals surface area contributed by atoms with Gasteiger partial charge in [-0.1, -0.05) is 36.4 Å². The van der Waals surface area contributed by atoms with Gasteiger partial charge in [0.1, 0.15) is 12.4 Å². The van der Waals surface area contributed by atoms with Crippen LogP contribution in [0, 0.1) is 12.3 Å². The van der Waals surface area contributed by atoms with Gasteiger partial charge in [0.25, 0.3) is 5.91 Å². The second kappa shape index (κ2) is 6.71. The summed E-state index contributed by atoms with van der Waals surface area (Å²) in [4.78, 5) is 12.1. The molecule has 0 unspecified atom stereocenters. The van der Waals surface area contributed by atoms with Crippen LogP contribution in [0.2, 0.25) is 0 Å². The van der Waals surface area contributed by atoms with Gasteiger partial charge in [-0.05, 0) is 53.6 Å². The van der Waals surface area contributed by atoms with E-state index in [0.717, 1.165) is 28.6 Å². The molecule has 23 heavy (non-hydrogen) atoms. The Balaban J connectivity index is 1.66. The van der Waals surface area contributed by atoms with Crippen molar-refractivity contribution in [1.82, 2.24) is 5.32 Å². The highest BCUT2D eigenvalue weighted by molar-refractivity contribution is 8.18. The van der Waals surface area contributed by atoms with E-state index in [4.69, 9.17) is 10.1 Å². The number of ether oxygens (including phenoxy) is 1. The van der Waals surface area contributed by atoms with Gasteiger partial charge in [0.15, 0.2) is 5.17 Å². The minimum absolute atomic E-state index is 0.166. The summed E-state index contributed by atoms with van der Waals surface area (Å²) in [6.45, 7) is 2.60. The molecule has 2 aromatic rings. The van der Waals surface area contributed by atoms with Crippen LogP contribution < -0.4 is 10.1 Å². The number of carbonyl (C=O) groups excluding carboxylic acids is 1. The van der Waals surface area contributed by atoms with Crippen LogP contribution in [-0.4, -0.2) is 11.1 Å². The average Bonchev–Trinajstić information content (AvgIpc) is 2.85. The molecule has 0 saturated carbocycles. The molecule has 0 radical (unpaired) electrons. The molecule has 5 heteroatoms. The maximum Gasteiger partial charge on any atom is 0.264 e. The smallest absolute Gasteiger partial charge is 0.264 e. The molecule has 4 nitrogen and oxygen atoms in total. The molecule has 1 aliphatic heterocycles. The minimum atomic E-state index is -0.222. The fraction of sp³-hybridized carbons (Fsp3) is 0.111. The molecule has 0 aromatic heterocycles. The first-order chi connectivity index (χ1) is 11.1. The van der Waals surface area contributed by atoms with Crippen molar-refractivity contribution in [3.8, 4) is 5.75 Å². The van der Waals surface area contributed by atoms with Crippen molar-refractivity contribution < 1.29 is 9.53 Å². The average molecular weight is 324 g/mol. The van der Waals surface area contributed by atoms with E-state index in [1.54, 1.807) is 6.08 Å². The lowest BCUT2D eigenvalue weighted by Crippen LogP contribution is -2.18. The number of rotatable bonds is 4. The van der Waals surface area contributed by atoms with E-state index in [-0.39, 0.29) is 11.1 Å². The normalized spacial score (nSPS) is 15.8. The summed E-state index contributed by atoms with van der Waals surface area (Å²) in [5.41, 5.74) is 3.28. The Kier molecular flexibility index (Phi) is 4.48. The maximum absolute atomic E-state index is 11.6. The highest BCUT2D eigenvalue weighted by Crippen LogP contribution is 2.25. The molecule has 2 N–H and O–H groups in total. The lowest BCUT2D eigenvalue weighted by molar-refractivity contribution is -0.115. The Hall–Kier alpha value is -2.53. The number of hydrogen-bond acceptors (Lipinski definition) is 4. The second-order valence-electron chi connectivity index (χ2n) is 5.18. The predicted molar refractivity (Wildman–Crippen MR) is 93.4 cm³/mol. The van der Waals surface area contributed by atoms with Crippen LogP contribution >= 0.6 is 11.8 Å². The van der Waals surface area contributed by atoms with Gasteiger partial charge in [-0.25, -0.2) is 0 Å². The SMILES string of the molecule is Cc1ccccc1COc1ccc(C=C2SC(=N)NC2=O)cc1. The van der Waals surface area contributed by atoms with Crippen molar-refractivity contribution in [3.63, 3.8) is 0 Å².